The molecule has 1 fully saturated rings. The van der Waals surface area contributed by atoms with Gasteiger partial charge in [-0.15, -0.1) is 0 Å². The topological polar surface area (TPSA) is 81.1 Å². The van der Waals surface area contributed by atoms with E-state index in [0.717, 1.165) is 6.42 Å². The van der Waals surface area contributed by atoms with Crippen LogP contribution in [0.5, 0.6) is 0 Å². The Bertz CT molecular complexity index is 522. The maximum absolute atomic E-state index is 11.7. The molecule has 0 radical (unpaired) electrons. The monoisotopic (exact) mass is 219 g/mol. The van der Waals surface area contributed by atoms with Crippen LogP contribution in [0.3, 0.4) is 0 Å². The second kappa shape index (κ2) is 2.95. The fourth-order valence-corrected chi connectivity index (χ4v) is 2.60. The molecule has 1 aromatic rings. The Labute approximate surface area is 92.2 Å². The summed E-state index contributed by atoms with van der Waals surface area (Å²) in [5.74, 6) is 0.577. The van der Waals surface area contributed by atoms with Crippen LogP contribution < -0.4 is 11.4 Å². The van der Waals surface area contributed by atoms with Crippen molar-refractivity contribution in [2.24, 2.45) is 11.3 Å². The Hall–Kier alpha value is -1.62. The van der Waals surface area contributed by atoms with E-state index in [1.165, 1.54) is 0 Å². The highest BCUT2D eigenvalue weighted by molar-refractivity contribution is 5.29. The van der Waals surface area contributed by atoms with Crippen molar-refractivity contribution in [3.63, 3.8) is 0 Å². The average Bonchev–Trinajstić information content (AvgIpc) is 2.88. The lowest BCUT2D eigenvalue weighted by molar-refractivity contribution is 0.230. The van der Waals surface area contributed by atoms with Gasteiger partial charge in [0.25, 0.3) is 0 Å². The molecule has 1 saturated carbocycles. The van der Waals surface area contributed by atoms with Crippen molar-refractivity contribution in [3.05, 3.63) is 34.9 Å². The van der Waals surface area contributed by atoms with E-state index in [1.54, 1.807) is 16.8 Å². The number of hydrogen-bond donors (Lipinski definition) is 2. The van der Waals surface area contributed by atoms with Gasteiger partial charge in [0.05, 0.1) is 12.6 Å². The smallest absolute Gasteiger partial charge is 0.350 e. The summed E-state index contributed by atoms with van der Waals surface area (Å²) >= 11 is 0. The molecule has 0 unspecified atom stereocenters. The van der Waals surface area contributed by atoms with Crippen LogP contribution in [0.25, 0.3) is 0 Å². The zero-order valence-corrected chi connectivity index (χ0v) is 8.71. The van der Waals surface area contributed by atoms with Crippen molar-refractivity contribution in [1.29, 1.82) is 0 Å². The van der Waals surface area contributed by atoms with Gasteiger partial charge in [0.2, 0.25) is 0 Å². The van der Waals surface area contributed by atoms with Crippen molar-refractivity contribution < 1.29 is 5.11 Å². The highest BCUT2D eigenvalue weighted by atomic mass is 16.3. The lowest BCUT2D eigenvalue weighted by atomic mass is 10.1. The molecule has 2 aliphatic carbocycles. The quantitative estimate of drug-likeness (QED) is 0.682. The average molecular weight is 219 g/mol. The molecule has 3 rings (SSSR count). The van der Waals surface area contributed by atoms with E-state index in [9.17, 15) is 9.90 Å². The second-order valence-corrected chi connectivity index (χ2v) is 4.59. The third-order valence-electron chi connectivity index (χ3n) is 3.68. The number of nitrogens with two attached hydrogens (primary N) is 1. The zero-order valence-electron chi connectivity index (χ0n) is 8.71. The van der Waals surface area contributed by atoms with E-state index in [4.69, 9.17) is 5.73 Å². The van der Waals surface area contributed by atoms with Crippen LogP contribution in [0.2, 0.25) is 0 Å². The number of aliphatic hydroxyl groups is 1. The molecule has 0 bridgehead atoms. The highest BCUT2D eigenvalue weighted by Gasteiger charge is 2.58. The minimum Gasteiger partial charge on any atom is -0.395 e. The van der Waals surface area contributed by atoms with Crippen molar-refractivity contribution in [2.45, 2.75) is 12.5 Å². The van der Waals surface area contributed by atoms with Gasteiger partial charge in [-0.05, 0) is 18.4 Å². The fraction of sp³-hybridized carbons (Fsp3) is 0.455. The largest absolute Gasteiger partial charge is 0.395 e. The van der Waals surface area contributed by atoms with E-state index < -0.39 is 0 Å². The number of nitrogen functional groups attached to an aromatic ring is 1. The van der Waals surface area contributed by atoms with Gasteiger partial charge in [-0.25, -0.2) is 4.79 Å². The van der Waals surface area contributed by atoms with Crippen molar-refractivity contribution in [2.75, 3.05) is 12.3 Å². The van der Waals surface area contributed by atoms with Crippen LogP contribution >= 0.6 is 0 Å². The predicted molar refractivity (Wildman–Crippen MR) is 58.7 cm³/mol. The van der Waals surface area contributed by atoms with Crippen LogP contribution in [-0.2, 0) is 0 Å². The fourth-order valence-electron chi connectivity index (χ4n) is 2.60. The first-order valence-electron chi connectivity index (χ1n) is 5.31. The maximum Gasteiger partial charge on any atom is 0.350 e. The molecule has 0 amide bonds. The van der Waals surface area contributed by atoms with Gasteiger partial charge in [-0.2, -0.15) is 4.98 Å². The molecule has 16 heavy (non-hydrogen) atoms. The van der Waals surface area contributed by atoms with Gasteiger partial charge < -0.3 is 10.8 Å². The SMILES string of the molecule is Nc1ccn([C@H]2C=C[C@]3(CO)C[C@H]23)c(=O)n1. The molecule has 0 aliphatic heterocycles. The highest BCUT2D eigenvalue weighted by Crippen LogP contribution is 2.63. The molecule has 3 atom stereocenters. The summed E-state index contributed by atoms with van der Waals surface area (Å²) in [6, 6.07) is 1.64. The van der Waals surface area contributed by atoms with Crippen LogP contribution in [0.1, 0.15) is 12.5 Å². The van der Waals surface area contributed by atoms with Gasteiger partial charge in [0, 0.05) is 11.6 Å². The van der Waals surface area contributed by atoms with Gasteiger partial charge in [0.1, 0.15) is 5.82 Å². The van der Waals surface area contributed by atoms with Crippen LogP contribution in [0.4, 0.5) is 5.82 Å². The second-order valence-electron chi connectivity index (χ2n) is 4.59. The van der Waals surface area contributed by atoms with Gasteiger partial charge >= 0.3 is 5.69 Å². The van der Waals surface area contributed by atoms with Crippen molar-refractivity contribution in [3.8, 4) is 0 Å². The number of hydrogen-bond acceptors (Lipinski definition) is 4. The van der Waals surface area contributed by atoms with E-state index in [0.29, 0.717) is 5.92 Å². The number of anilines is 1. The Balaban J connectivity index is 1.96. The molecule has 1 aromatic heterocycles. The minimum atomic E-state index is -0.324. The van der Waals surface area contributed by atoms with Crippen molar-refractivity contribution in [1.82, 2.24) is 9.55 Å². The normalized spacial score (nSPS) is 35.1. The summed E-state index contributed by atoms with van der Waals surface area (Å²) < 4.78 is 1.59. The van der Waals surface area contributed by atoms with E-state index in [2.05, 4.69) is 4.98 Å². The summed E-state index contributed by atoms with van der Waals surface area (Å²) in [5, 5.41) is 9.27. The number of aromatic nitrogens is 2. The summed E-state index contributed by atoms with van der Waals surface area (Å²) in [7, 11) is 0. The molecule has 0 aromatic carbocycles. The maximum atomic E-state index is 11.7. The number of fused-ring (bicyclic) bond motifs is 1. The Kier molecular flexibility index (Phi) is 1.77. The van der Waals surface area contributed by atoms with E-state index in [-0.39, 0.29) is 29.6 Å². The molecular formula is C11H13N3O2. The van der Waals surface area contributed by atoms with Crippen LogP contribution in [0.15, 0.2) is 29.2 Å². The molecule has 84 valence electrons. The van der Waals surface area contributed by atoms with E-state index in [1.807, 2.05) is 12.2 Å². The van der Waals surface area contributed by atoms with Crippen LogP contribution in [-0.4, -0.2) is 21.3 Å². The number of nitrogens with zero attached hydrogens (tertiary/aromatic N) is 2. The third-order valence-corrected chi connectivity index (χ3v) is 3.68. The molecule has 2 aliphatic rings. The summed E-state index contributed by atoms with van der Waals surface area (Å²) in [6.45, 7) is 0.155. The first-order valence-corrected chi connectivity index (χ1v) is 5.31. The number of aliphatic hydroxyl groups excluding tert-OH is 1. The number of rotatable bonds is 2. The molecule has 0 spiro atoms. The molecule has 5 heteroatoms. The summed E-state index contributed by atoms with van der Waals surface area (Å²) in [5.41, 5.74) is 5.04. The molecule has 5 nitrogen and oxygen atoms in total. The minimum absolute atomic E-state index is 0.0211. The third kappa shape index (κ3) is 1.15. The van der Waals surface area contributed by atoms with Crippen molar-refractivity contribution >= 4 is 5.82 Å². The van der Waals surface area contributed by atoms with E-state index >= 15 is 0 Å². The lowest BCUT2D eigenvalue weighted by Gasteiger charge is -2.13. The summed E-state index contributed by atoms with van der Waals surface area (Å²) in [4.78, 5) is 15.4. The molecule has 1 heterocycles. The Morgan fingerprint density at radius 2 is 2.50 bits per heavy atom. The summed E-state index contributed by atoms with van der Waals surface area (Å²) in [6.07, 6.45) is 6.61. The zero-order chi connectivity index (χ0) is 11.3. The van der Waals surface area contributed by atoms with Gasteiger partial charge in [0.15, 0.2) is 0 Å². The molecular weight excluding hydrogens is 206 g/mol. The van der Waals surface area contributed by atoms with Gasteiger partial charge in [-0.3, -0.25) is 4.57 Å². The Morgan fingerprint density at radius 1 is 1.69 bits per heavy atom. The standard InChI is InChI=1S/C11H13N3O2/c12-9-2-4-14(10(16)13-9)8-1-3-11(6-15)5-7(8)11/h1-4,7-8,15H,5-6H2,(H2,12,13,16)/t7-,8+,11-/m1/s1. The molecule has 0 saturated heterocycles. The lowest BCUT2D eigenvalue weighted by Crippen LogP contribution is -2.27. The van der Waals surface area contributed by atoms with Gasteiger partial charge in [-0.1, -0.05) is 12.2 Å². The Morgan fingerprint density at radius 3 is 3.06 bits per heavy atom. The number of allylic oxidation sites excluding steroid dienone is 1. The molecule has 3 N–H and O–H groups in total. The first kappa shape index (κ1) is 9.59. The predicted octanol–water partition coefficient (Wildman–Crippen LogP) is -0.0650. The first-order chi connectivity index (χ1) is 7.66. The van der Waals surface area contributed by atoms with Crippen LogP contribution in [0, 0.1) is 11.3 Å².